The van der Waals surface area contributed by atoms with E-state index < -0.39 is 20.4 Å². The minimum atomic E-state index is -0.793. The van der Waals surface area contributed by atoms with Crippen LogP contribution in [0.4, 0.5) is 8.78 Å². The largest absolute Gasteiger partial charge is 0.204 e. The van der Waals surface area contributed by atoms with Crippen LogP contribution in [0.2, 0.25) is 12.1 Å². The van der Waals surface area contributed by atoms with E-state index >= 15 is 0 Å². The lowest BCUT2D eigenvalue weighted by atomic mass is 9.73. The molecule has 31 heavy (non-hydrogen) atoms. The zero-order valence-electron chi connectivity index (χ0n) is 18.8. The van der Waals surface area contributed by atoms with E-state index in [0.717, 1.165) is 35.3 Å². The Morgan fingerprint density at radius 3 is 2.10 bits per heavy atom. The van der Waals surface area contributed by atoms with E-state index in [2.05, 4.69) is 30.8 Å². The van der Waals surface area contributed by atoms with Gasteiger partial charge in [0, 0.05) is 0 Å². The van der Waals surface area contributed by atoms with Crippen molar-refractivity contribution in [1.82, 2.24) is 0 Å². The molecule has 1 saturated heterocycles. The molecule has 1 saturated carbocycles. The van der Waals surface area contributed by atoms with Crippen LogP contribution in [0, 0.1) is 29.4 Å². The van der Waals surface area contributed by atoms with E-state index in [1.807, 2.05) is 12.1 Å². The second-order valence-electron chi connectivity index (χ2n) is 9.85. The molecule has 0 amide bonds. The highest BCUT2D eigenvalue weighted by Gasteiger charge is 2.30. The second kappa shape index (κ2) is 10.7. The molecule has 2 aromatic rings. The molecular formula is C28H36F2Si. The van der Waals surface area contributed by atoms with Gasteiger partial charge in [-0.1, -0.05) is 74.2 Å². The zero-order chi connectivity index (χ0) is 21.6. The van der Waals surface area contributed by atoms with Gasteiger partial charge in [-0.15, -0.1) is 5.70 Å². The van der Waals surface area contributed by atoms with Crippen molar-refractivity contribution < 1.29 is 8.78 Å². The Labute approximate surface area is 188 Å². The lowest BCUT2D eigenvalue weighted by molar-refractivity contribution is 0.186. The smallest absolute Gasteiger partial charge is 0.159 e. The van der Waals surface area contributed by atoms with E-state index in [9.17, 15) is 8.78 Å². The van der Waals surface area contributed by atoms with Crippen LogP contribution >= 0.6 is 0 Å². The van der Waals surface area contributed by atoms with Gasteiger partial charge in [-0.25, -0.2) is 8.78 Å². The molecule has 0 bridgehead atoms. The number of allylic oxidation sites excluding steroid dienone is 1. The summed E-state index contributed by atoms with van der Waals surface area (Å²) in [4.78, 5) is 0. The summed E-state index contributed by atoms with van der Waals surface area (Å²) >= 11 is 0. The molecule has 2 aliphatic rings. The van der Waals surface area contributed by atoms with Gasteiger partial charge in [0.05, 0.1) is 8.80 Å². The van der Waals surface area contributed by atoms with E-state index in [4.69, 9.17) is 0 Å². The van der Waals surface area contributed by atoms with Crippen LogP contribution in [0.15, 0.2) is 54.2 Å². The Balaban J connectivity index is 1.21. The molecule has 2 aromatic carbocycles. The van der Waals surface area contributed by atoms with Crippen LogP contribution in [0.5, 0.6) is 0 Å². The molecule has 2 fully saturated rings. The minimum absolute atomic E-state index is 0.522. The zero-order valence-corrected chi connectivity index (χ0v) is 20.0. The molecule has 0 aromatic heterocycles. The van der Waals surface area contributed by atoms with Gasteiger partial charge in [-0.05, 0) is 79.2 Å². The molecule has 0 unspecified atom stereocenters. The number of hydrogen-bond acceptors (Lipinski definition) is 0. The summed E-state index contributed by atoms with van der Waals surface area (Å²) in [5, 5.41) is 0. The van der Waals surface area contributed by atoms with Crippen LogP contribution in [0.1, 0.15) is 57.4 Å². The van der Waals surface area contributed by atoms with Gasteiger partial charge < -0.3 is 0 Å². The summed E-state index contributed by atoms with van der Waals surface area (Å²) in [6, 6.07) is 15.6. The molecule has 0 spiro atoms. The van der Waals surface area contributed by atoms with Crippen molar-refractivity contribution in [1.29, 1.82) is 0 Å². The number of rotatable bonds is 6. The first kappa shape index (κ1) is 22.5. The van der Waals surface area contributed by atoms with Crippen molar-refractivity contribution in [2.75, 3.05) is 0 Å². The molecule has 0 atom stereocenters. The summed E-state index contributed by atoms with van der Waals surface area (Å²) in [7, 11) is -0.522. The Kier molecular flexibility index (Phi) is 7.76. The van der Waals surface area contributed by atoms with E-state index in [0.29, 0.717) is 0 Å². The number of benzene rings is 2. The first-order chi connectivity index (χ1) is 15.1. The van der Waals surface area contributed by atoms with Gasteiger partial charge in [-0.2, -0.15) is 0 Å². The summed E-state index contributed by atoms with van der Waals surface area (Å²) < 4.78 is 26.6. The van der Waals surface area contributed by atoms with Gasteiger partial charge in [0.25, 0.3) is 0 Å². The molecule has 0 radical (unpaired) electrons. The first-order valence-electron chi connectivity index (χ1n) is 12.3. The van der Waals surface area contributed by atoms with Gasteiger partial charge in [0.15, 0.2) is 11.6 Å². The Bertz CT molecular complexity index is 857. The Hall–Kier alpha value is -1.74. The maximum absolute atomic E-state index is 13.5. The number of aryl methyl sites for hydroxylation is 1. The Morgan fingerprint density at radius 1 is 0.806 bits per heavy atom. The molecule has 0 nitrogen and oxygen atoms in total. The van der Waals surface area contributed by atoms with E-state index in [-0.39, 0.29) is 0 Å². The van der Waals surface area contributed by atoms with Crippen LogP contribution in [0.25, 0.3) is 11.1 Å². The minimum Gasteiger partial charge on any atom is -0.204 e. The Morgan fingerprint density at radius 2 is 1.45 bits per heavy atom. The van der Waals surface area contributed by atoms with Gasteiger partial charge in [0.1, 0.15) is 0 Å². The first-order valence-corrected chi connectivity index (χ1v) is 14.6. The highest BCUT2D eigenvalue weighted by Crippen LogP contribution is 2.41. The molecule has 4 rings (SSSR count). The molecule has 166 valence electrons. The van der Waals surface area contributed by atoms with Crippen molar-refractivity contribution >= 4 is 8.80 Å². The maximum Gasteiger partial charge on any atom is 0.159 e. The van der Waals surface area contributed by atoms with Crippen molar-refractivity contribution in [2.45, 2.75) is 70.4 Å². The third-order valence-corrected chi connectivity index (χ3v) is 11.0. The third kappa shape index (κ3) is 5.94. The van der Waals surface area contributed by atoms with Crippen LogP contribution in [-0.2, 0) is 6.42 Å². The molecule has 1 aliphatic heterocycles. The third-order valence-electron chi connectivity index (χ3n) is 7.89. The maximum atomic E-state index is 13.5. The monoisotopic (exact) mass is 438 g/mol. The number of hydrogen-bond donors (Lipinski definition) is 0. The SMILES string of the molecule is C/C=C\[SiH]1CCC(C2CCC(CCc3ccc(-c4ccc(F)c(F)c4)cc3)CC2)CC1. The van der Waals surface area contributed by atoms with E-state index in [1.165, 1.54) is 74.7 Å². The summed E-state index contributed by atoms with van der Waals surface area (Å²) in [6.45, 7) is 2.18. The van der Waals surface area contributed by atoms with Crippen molar-refractivity contribution in [3.63, 3.8) is 0 Å². The van der Waals surface area contributed by atoms with E-state index in [1.54, 1.807) is 6.07 Å². The average molecular weight is 439 g/mol. The summed E-state index contributed by atoms with van der Waals surface area (Å²) in [5.74, 6) is 1.30. The molecule has 1 heterocycles. The van der Waals surface area contributed by atoms with Crippen LogP contribution in [0.3, 0.4) is 0 Å². The molecule has 0 N–H and O–H groups in total. The molecular weight excluding hydrogens is 402 g/mol. The van der Waals surface area contributed by atoms with Crippen molar-refractivity contribution in [2.24, 2.45) is 17.8 Å². The van der Waals surface area contributed by atoms with Crippen molar-refractivity contribution in [3.8, 4) is 11.1 Å². The van der Waals surface area contributed by atoms with Crippen molar-refractivity contribution in [3.05, 3.63) is 71.4 Å². The fourth-order valence-corrected chi connectivity index (χ4v) is 8.87. The van der Waals surface area contributed by atoms with Crippen LogP contribution in [-0.4, -0.2) is 8.80 Å². The fourth-order valence-electron chi connectivity index (χ4n) is 5.94. The van der Waals surface area contributed by atoms with Gasteiger partial charge in [0.2, 0.25) is 0 Å². The quantitative estimate of drug-likeness (QED) is 0.399. The topological polar surface area (TPSA) is 0 Å². The lowest BCUT2D eigenvalue weighted by Crippen LogP contribution is -2.28. The predicted molar refractivity (Wildman–Crippen MR) is 130 cm³/mol. The summed E-state index contributed by atoms with van der Waals surface area (Å²) in [5.41, 5.74) is 5.57. The van der Waals surface area contributed by atoms with Crippen LogP contribution < -0.4 is 0 Å². The molecule has 3 heteroatoms. The average Bonchev–Trinajstić information content (AvgIpc) is 2.81. The fraction of sp³-hybridized carbons (Fsp3) is 0.500. The van der Waals surface area contributed by atoms with Gasteiger partial charge >= 0.3 is 0 Å². The summed E-state index contributed by atoms with van der Waals surface area (Å²) in [6.07, 6.45) is 13.4. The normalized spacial score (nSPS) is 26.9. The number of halogens is 2. The highest BCUT2D eigenvalue weighted by atomic mass is 28.3. The molecule has 1 aliphatic carbocycles. The van der Waals surface area contributed by atoms with Gasteiger partial charge in [-0.3, -0.25) is 0 Å². The highest BCUT2D eigenvalue weighted by molar-refractivity contribution is 6.64. The standard InChI is InChI=1S/C28H36F2Si/c1-2-17-31-18-15-25(16-19-31)23-9-5-21(6-10-23)3-4-22-7-11-24(12-8-22)26-13-14-27(29)28(30)20-26/h2,7-8,11-14,17,20-21,23,25,31H,3-6,9-10,15-16,18-19H2,1H3/b17-2-. The predicted octanol–water partition coefficient (Wildman–Crippen LogP) is 8.12. The lowest BCUT2D eigenvalue weighted by Gasteiger charge is -2.37. The second-order valence-corrected chi connectivity index (χ2v) is 12.9.